The van der Waals surface area contributed by atoms with Crippen LogP contribution >= 0.6 is 11.3 Å². The number of methoxy groups -OCH3 is 1. The summed E-state index contributed by atoms with van der Waals surface area (Å²) in [4.78, 5) is 32.9. The third-order valence-corrected chi connectivity index (χ3v) is 7.72. The van der Waals surface area contributed by atoms with Gasteiger partial charge in [-0.1, -0.05) is 73.2 Å². The van der Waals surface area contributed by atoms with Gasteiger partial charge in [0.1, 0.15) is 17.5 Å². The highest BCUT2D eigenvalue weighted by Gasteiger charge is 2.37. The molecule has 0 saturated heterocycles. The quantitative estimate of drug-likeness (QED) is 0.251. The molecule has 0 unspecified atom stereocenters. The van der Waals surface area contributed by atoms with Gasteiger partial charge in [-0.05, 0) is 42.3 Å². The molecule has 0 radical (unpaired) electrons. The van der Waals surface area contributed by atoms with Crippen molar-refractivity contribution in [3.05, 3.63) is 103 Å². The molecule has 0 aliphatic carbocycles. The summed E-state index contributed by atoms with van der Waals surface area (Å²) in [5.74, 6) is -0.123. The Labute approximate surface area is 238 Å². The first-order valence-electron chi connectivity index (χ1n) is 13.2. The first-order valence-corrected chi connectivity index (χ1v) is 14.0. The van der Waals surface area contributed by atoms with Crippen LogP contribution in [0.25, 0.3) is 16.8 Å². The average molecular weight is 579 g/mol. The second kappa shape index (κ2) is 12.1. The molecule has 5 rings (SSSR count). The molecule has 0 N–H and O–H groups in total. The lowest BCUT2D eigenvalue weighted by Crippen LogP contribution is -2.40. The van der Waals surface area contributed by atoms with Crippen LogP contribution in [0.3, 0.4) is 0 Å². The summed E-state index contributed by atoms with van der Waals surface area (Å²) in [5, 5.41) is 1.71. The van der Waals surface area contributed by atoms with E-state index in [2.05, 4.69) is 4.74 Å². The lowest BCUT2D eigenvalue weighted by Gasteiger charge is -2.28. The van der Waals surface area contributed by atoms with E-state index >= 15 is 0 Å². The molecule has 10 heteroatoms. The number of aromatic nitrogens is 1. The molecule has 1 atom stereocenters. The van der Waals surface area contributed by atoms with Crippen molar-refractivity contribution in [2.75, 3.05) is 13.7 Å². The molecule has 41 heavy (non-hydrogen) atoms. The number of carbonyl (C=O) groups is 1. The first kappa shape index (κ1) is 28.2. The first-order chi connectivity index (χ1) is 19.9. The van der Waals surface area contributed by atoms with Crippen LogP contribution in [-0.2, 0) is 9.53 Å². The van der Waals surface area contributed by atoms with Crippen molar-refractivity contribution in [2.24, 2.45) is 4.99 Å². The van der Waals surface area contributed by atoms with Gasteiger partial charge in [0, 0.05) is 11.1 Å². The Bertz CT molecular complexity index is 1830. The number of ether oxygens (including phenoxy) is 3. The standard InChI is InChI=1S/C31H28F2N2O5S/c1-4-10-21-26(29(37)39-5-2)27(25-20-13-8-6-11-18(20)15-16-23(25)38-3)35-28(36)24(41-31(35)34-21)17-19-12-7-9-14-22(19)40-30(32)33/h6-9,11-17,27,30H,4-5,10H2,1-3H3/b24-17+/t27-/m0/s1. The predicted octanol–water partition coefficient (Wildman–Crippen LogP) is 5.34. The predicted molar refractivity (Wildman–Crippen MR) is 153 cm³/mol. The molecule has 0 spiro atoms. The molecule has 3 aromatic carbocycles. The highest BCUT2D eigenvalue weighted by Crippen LogP contribution is 2.41. The molecule has 0 fully saturated rings. The number of carbonyl (C=O) groups excluding carboxylic acids is 1. The van der Waals surface area contributed by atoms with Crippen molar-refractivity contribution in [3.8, 4) is 11.5 Å². The molecular weight excluding hydrogens is 550 g/mol. The van der Waals surface area contributed by atoms with E-state index in [0.29, 0.717) is 40.2 Å². The van der Waals surface area contributed by atoms with E-state index in [9.17, 15) is 18.4 Å². The zero-order valence-electron chi connectivity index (χ0n) is 22.7. The van der Waals surface area contributed by atoms with Gasteiger partial charge in [-0.25, -0.2) is 9.79 Å². The van der Waals surface area contributed by atoms with E-state index in [4.69, 9.17) is 14.5 Å². The Morgan fingerprint density at radius 2 is 1.83 bits per heavy atom. The van der Waals surface area contributed by atoms with Crippen molar-refractivity contribution in [1.29, 1.82) is 0 Å². The summed E-state index contributed by atoms with van der Waals surface area (Å²) >= 11 is 1.12. The van der Waals surface area contributed by atoms with E-state index in [1.54, 1.807) is 25.1 Å². The van der Waals surface area contributed by atoms with Crippen LogP contribution in [0.15, 0.2) is 81.7 Å². The molecule has 1 aromatic heterocycles. The van der Waals surface area contributed by atoms with Crippen LogP contribution < -0.4 is 24.4 Å². The monoisotopic (exact) mass is 578 g/mol. The molecule has 4 aromatic rings. The molecule has 0 amide bonds. The topological polar surface area (TPSA) is 79.1 Å². The number of alkyl halides is 2. The van der Waals surface area contributed by atoms with E-state index in [-0.39, 0.29) is 22.5 Å². The van der Waals surface area contributed by atoms with E-state index in [1.165, 1.54) is 23.8 Å². The number of nitrogens with zero attached hydrogens (tertiary/aromatic N) is 2. The van der Waals surface area contributed by atoms with Gasteiger partial charge in [0.2, 0.25) is 0 Å². The lowest BCUT2D eigenvalue weighted by atomic mass is 9.90. The zero-order valence-corrected chi connectivity index (χ0v) is 23.5. The van der Waals surface area contributed by atoms with Crippen LogP contribution in [0, 0.1) is 0 Å². The van der Waals surface area contributed by atoms with Gasteiger partial charge >= 0.3 is 12.6 Å². The third kappa shape index (κ3) is 5.39. The highest BCUT2D eigenvalue weighted by molar-refractivity contribution is 7.07. The minimum Gasteiger partial charge on any atom is -0.496 e. The van der Waals surface area contributed by atoms with Gasteiger partial charge < -0.3 is 14.2 Å². The van der Waals surface area contributed by atoms with Gasteiger partial charge in [-0.15, -0.1) is 0 Å². The minimum absolute atomic E-state index is 0.0560. The fourth-order valence-electron chi connectivity index (χ4n) is 5.07. The summed E-state index contributed by atoms with van der Waals surface area (Å²) in [5.41, 5.74) is 1.31. The summed E-state index contributed by atoms with van der Waals surface area (Å²) in [7, 11) is 1.54. The van der Waals surface area contributed by atoms with Gasteiger partial charge in [0.05, 0.1) is 29.5 Å². The number of hydrogen-bond donors (Lipinski definition) is 0. The molecular formula is C31H28F2N2O5S. The van der Waals surface area contributed by atoms with Gasteiger partial charge in [0.15, 0.2) is 4.80 Å². The second-order valence-corrected chi connectivity index (χ2v) is 10.2. The Hall–Kier alpha value is -4.31. The maximum Gasteiger partial charge on any atom is 0.387 e. The van der Waals surface area contributed by atoms with Crippen LogP contribution in [-0.4, -0.2) is 30.9 Å². The number of rotatable bonds is 9. The number of thiazole rings is 1. The Kier molecular flexibility index (Phi) is 8.30. The molecule has 7 nitrogen and oxygen atoms in total. The van der Waals surface area contributed by atoms with Gasteiger partial charge in [0.25, 0.3) is 5.56 Å². The number of halogens is 2. The molecule has 1 aliphatic heterocycles. The Morgan fingerprint density at radius 3 is 2.56 bits per heavy atom. The van der Waals surface area contributed by atoms with Crippen molar-refractivity contribution in [2.45, 2.75) is 39.3 Å². The maximum absolute atomic E-state index is 14.1. The van der Waals surface area contributed by atoms with Crippen LogP contribution in [0.1, 0.15) is 43.9 Å². The number of allylic oxidation sites excluding steroid dienone is 1. The maximum atomic E-state index is 14.1. The van der Waals surface area contributed by atoms with E-state index in [0.717, 1.165) is 22.1 Å². The SMILES string of the molecule is CCCC1=C(C(=O)OCC)[C@H](c2c(OC)ccc3ccccc23)n2c(s/c(=C/c3ccccc3OC(F)F)c2=O)=N1. The minimum atomic E-state index is -3.02. The smallest absolute Gasteiger partial charge is 0.387 e. The summed E-state index contributed by atoms with van der Waals surface area (Å²) in [6.45, 7) is 0.827. The Balaban J connectivity index is 1.85. The number of hydrogen-bond acceptors (Lipinski definition) is 7. The summed E-state index contributed by atoms with van der Waals surface area (Å²) in [6.07, 6.45) is 2.69. The molecule has 2 heterocycles. The van der Waals surface area contributed by atoms with Crippen molar-refractivity contribution in [3.63, 3.8) is 0 Å². The molecule has 1 aliphatic rings. The molecule has 0 bridgehead atoms. The largest absolute Gasteiger partial charge is 0.496 e. The number of benzene rings is 3. The van der Waals surface area contributed by atoms with Crippen molar-refractivity contribution >= 4 is 34.2 Å². The average Bonchev–Trinajstić information content (AvgIpc) is 3.27. The third-order valence-electron chi connectivity index (χ3n) is 6.74. The number of para-hydroxylation sites is 1. The summed E-state index contributed by atoms with van der Waals surface area (Å²) in [6, 6.07) is 16.7. The summed E-state index contributed by atoms with van der Waals surface area (Å²) < 4.78 is 43.8. The van der Waals surface area contributed by atoms with E-state index in [1.807, 2.05) is 43.3 Å². The van der Waals surface area contributed by atoms with Crippen LogP contribution in [0.2, 0.25) is 0 Å². The van der Waals surface area contributed by atoms with Crippen molar-refractivity contribution in [1.82, 2.24) is 4.57 Å². The fourth-order valence-corrected chi connectivity index (χ4v) is 6.08. The van der Waals surface area contributed by atoms with Gasteiger partial charge in [-0.3, -0.25) is 9.36 Å². The normalized spacial score (nSPS) is 15.2. The lowest BCUT2D eigenvalue weighted by molar-refractivity contribution is -0.139. The number of esters is 1. The van der Waals surface area contributed by atoms with E-state index < -0.39 is 24.2 Å². The van der Waals surface area contributed by atoms with Crippen molar-refractivity contribution < 1.29 is 27.8 Å². The van der Waals surface area contributed by atoms with Crippen LogP contribution in [0.4, 0.5) is 8.78 Å². The fraction of sp³-hybridized carbons (Fsp3) is 0.258. The van der Waals surface area contributed by atoms with Crippen LogP contribution in [0.5, 0.6) is 11.5 Å². The number of fused-ring (bicyclic) bond motifs is 2. The molecule has 212 valence electrons. The second-order valence-electron chi connectivity index (χ2n) is 9.23. The van der Waals surface area contributed by atoms with Gasteiger partial charge in [-0.2, -0.15) is 8.78 Å². The zero-order chi connectivity index (χ0) is 29.1. The highest BCUT2D eigenvalue weighted by atomic mass is 32.1. The molecule has 0 saturated carbocycles. The Morgan fingerprint density at radius 1 is 1.07 bits per heavy atom.